The van der Waals surface area contributed by atoms with E-state index in [1.165, 1.54) is 4.68 Å². The Labute approximate surface area is 162 Å². The summed E-state index contributed by atoms with van der Waals surface area (Å²) in [7, 11) is 0. The first-order valence-electron chi connectivity index (χ1n) is 9.29. The van der Waals surface area contributed by atoms with Crippen LogP contribution in [0.15, 0.2) is 24.7 Å². The van der Waals surface area contributed by atoms with Crippen LogP contribution in [0.25, 0.3) is 11.0 Å². The van der Waals surface area contributed by atoms with Crippen LogP contribution >= 0.6 is 0 Å². The zero-order valence-electron chi connectivity index (χ0n) is 16.5. The second kappa shape index (κ2) is 8.89. The average Bonchev–Trinajstić information content (AvgIpc) is 3.28. The summed E-state index contributed by atoms with van der Waals surface area (Å²) in [5.74, 6) is -0.368. The van der Waals surface area contributed by atoms with Gasteiger partial charge in [-0.3, -0.25) is 4.79 Å². The van der Waals surface area contributed by atoms with E-state index in [1.807, 2.05) is 38.4 Å². The van der Waals surface area contributed by atoms with Crippen LogP contribution < -0.4 is 5.32 Å². The summed E-state index contributed by atoms with van der Waals surface area (Å²) < 4.78 is 14.3. The Morgan fingerprint density at radius 3 is 2.64 bits per heavy atom. The highest BCUT2D eigenvalue weighted by atomic mass is 16.7. The Kier molecular flexibility index (Phi) is 6.32. The van der Waals surface area contributed by atoms with E-state index in [2.05, 4.69) is 25.7 Å². The monoisotopic (exact) mass is 387 g/mol. The highest BCUT2D eigenvalue weighted by molar-refractivity contribution is 6.03. The van der Waals surface area contributed by atoms with Gasteiger partial charge in [-0.05, 0) is 33.8 Å². The molecule has 10 heteroatoms. The van der Waals surface area contributed by atoms with Gasteiger partial charge in [0.1, 0.15) is 0 Å². The van der Waals surface area contributed by atoms with Crippen LogP contribution in [0.2, 0.25) is 0 Å². The third-order valence-electron chi connectivity index (χ3n) is 3.99. The molecule has 0 aliphatic rings. The van der Waals surface area contributed by atoms with Gasteiger partial charge in [-0.2, -0.15) is 5.10 Å². The van der Waals surface area contributed by atoms with Gasteiger partial charge in [-0.1, -0.05) is 5.21 Å². The quantitative estimate of drug-likeness (QED) is 0.561. The number of nitrogens with zero attached hydrogens (tertiary/aromatic N) is 6. The lowest BCUT2D eigenvalue weighted by Crippen LogP contribution is -2.24. The summed E-state index contributed by atoms with van der Waals surface area (Å²) in [5.41, 5.74) is 1.54. The number of hydrogen-bond donors (Lipinski definition) is 1. The number of carbonyl (C=O) groups is 1. The molecule has 0 unspecified atom stereocenters. The van der Waals surface area contributed by atoms with Gasteiger partial charge >= 0.3 is 0 Å². The SMILES string of the molecule is CCOC(Cn1cc(C(=O)Nc2cnc3c(cnn3C(C)C)c2)nn1)OCC. The second-order valence-corrected chi connectivity index (χ2v) is 6.44. The third kappa shape index (κ3) is 4.52. The largest absolute Gasteiger partial charge is 0.351 e. The molecule has 28 heavy (non-hydrogen) atoms. The van der Waals surface area contributed by atoms with Crippen molar-refractivity contribution >= 4 is 22.6 Å². The number of fused-ring (bicyclic) bond motifs is 1. The molecule has 0 aliphatic carbocycles. The summed E-state index contributed by atoms with van der Waals surface area (Å²) in [4.78, 5) is 16.9. The van der Waals surface area contributed by atoms with E-state index >= 15 is 0 Å². The first-order chi connectivity index (χ1) is 13.5. The van der Waals surface area contributed by atoms with E-state index in [0.29, 0.717) is 25.4 Å². The van der Waals surface area contributed by atoms with Crippen molar-refractivity contribution in [1.82, 2.24) is 29.8 Å². The molecule has 0 aromatic carbocycles. The van der Waals surface area contributed by atoms with Crippen molar-refractivity contribution in [2.45, 2.75) is 46.6 Å². The van der Waals surface area contributed by atoms with Crippen molar-refractivity contribution in [3.8, 4) is 0 Å². The van der Waals surface area contributed by atoms with Gasteiger partial charge in [-0.25, -0.2) is 14.3 Å². The van der Waals surface area contributed by atoms with E-state index in [1.54, 1.807) is 18.6 Å². The highest BCUT2D eigenvalue weighted by Gasteiger charge is 2.15. The lowest BCUT2D eigenvalue weighted by Gasteiger charge is -2.16. The van der Waals surface area contributed by atoms with Crippen molar-refractivity contribution in [2.75, 3.05) is 18.5 Å². The zero-order valence-corrected chi connectivity index (χ0v) is 16.5. The topological polar surface area (TPSA) is 109 Å². The number of anilines is 1. The number of ether oxygens (including phenoxy) is 2. The standard InChI is InChI=1S/C18H25N7O3/c1-5-27-16(28-6-2)11-24-10-15(22-23-24)18(26)21-14-7-13-8-20-25(12(3)4)17(13)19-9-14/h7-10,12,16H,5-6,11H2,1-4H3,(H,21,26). The van der Waals surface area contributed by atoms with E-state index in [-0.39, 0.29) is 17.6 Å². The second-order valence-electron chi connectivity index (χ2n) is 6.44. The molecule has 10 nitrogen and oxygen atoms in total. The van der Waals surface area contributed by atoms with Crippen LogP contribution in [0.1, 0.15) is 44.2 Å². The summed E-state index contributed by atoms with van der Waals surface area (Å²) >= 11 is 0. The van der Waals surface area contributed by atoms with E-state index < -0.39 is 6.29 Å². The molecule has 0 fully saturated rings. The fraction of sp³-hybridized carbons (Fsp3) is 0.500. The zero-order chi connectivity index (χ0) is 20.1. The number of rotatable bonds is 9. The van der Waals surface area contributed by atoms with Gasteiger partial charge in [0.15, 0.2) is 17.6 Å². The van der Waals surface area contributed by atoms with Gasteiger partial charge in [-0.15, -0.1) is 5.10 Å². The van der Waals surface area contributed by atoms with Crippen LogP contribution in [-0.2, 0) is 16.0 Å². The molecule has 150 valence electrons. The van der Waals surface area contributed by atoms with Crippen molar-refractivity contribution < 1.29 is 14.3 Å². The summed E-state index contributed by atoms with van der Waals surface area (Å²) in [5, 5.41) is 15.9. The van der Waals surface area contributed by atoms with Gasteiger partial charge < -0.3 is 14.8 Å². The minimum atomic E-state index is -0.434. The first-order valence-corrected chi connectivity index (χ1v) is 9.29. The first kappa shape index (κ1) is 19.9. The van der Waals surface area contributed by atoms with Crippen LogP contribution in [0.5, 0.6) is 0 Å². The van der Waals surface area contributed by atoms with Gasteiger partial charge in [0.05, 0.1) is 30.8 Å². The fourth-order valence-corrected chi connectivity index (χ4v) is 2.75. The maximum Gasteiger partial charge on any atom is 0.277 e. The number of aromatic nitrogens is 6. The minimum absolute atomic E-state index is 0.199. The predicted octanol–water partition coefficient (Wildman–Crippen LogP) is 2.26. The summed E-state index contributed by atoms with van der Waals surface area (Å²) in [6.07, 6.45) is 4.46. The number of nitrogens with one attached hydrogen (secondary N) is 1. The van der Waals surface area contributed by atoms with E-state index in [9.17, 15) is 4.79 Å². The minimum Gasteiger partial charge on any atom is -0.351 e. The van der Waals surface area contributed by atoms with Crippen molar-refractivity contribution in [3.05, 3.63) is 30.4 Å². The summed E-state index contributed by atoms with van der Waals surface area (Å²) in [6.45, 7) is 9.25. The predicted molar refractivity (Wildman–Crippen MR) is 103 cm³/mol. The van der Waals surface area contributed by atoms with Crippen LogP contribution in [0.3, 0.4) is 0 Å². The molecular weight excluding hydrogens is 362 g/mol. The molecule has 0 bridgehead atoms. The molecule has 3 aromatic rings. The molecule has 3 aromatic heterocycles. The van der Waals surface area contributed by atoms with Gasteiger partial charge in [0.2, 0.25) is 0 Å². The highest BCUT2D eigenvalue weighted by Crippen LogP contribution is 2.19. The third-order valence-corrected chi connectivity index (χ3v) is 3.99. The Balaban J connectivity index is 1.68. The Bertz CT molecular complexity index is 928. The molecule has 1 amide bonds. The van der Waals surface area contributed by atoms with E-state index in [0.717, 1.165) is 11.0 Å². The average molecular weight is 387 g/mol. The van der Waals surface area contributed by atoms with Crippen LogP contribution in [0, 0.1) is 0 Å². The number of pyridine rings is 1. The van der Waals surface area contributed by atoms with Crippen molar-refractivity contribution in [3.63, 3.8) is 0 Å². The maximum absolute atomic E-state index is 12.5. The molecule has 0 radical (unpaired) electrons. The molecule has 3 heterocycles. The van der Waals surface area contributed by atoms with Crippen LogP contribution in [0.4, 0.5) is 5.69 Å². The molecule has 0 atom stereocenters. The lowest BCUT2D eigenvalue weighted by atomic mass is 10.3. The Hall–Kier alpha value is -2.85. The molecule has 1 N–H and O–H groups in total. The van der Waals surface area contributed by atoms with Gasteiger partial charge in [0, 0.05) is 24.6 Å². The van der Waals surface area contributed by atoms with Crippen LogP contribution in [-0.4, -0.2) is 55.2 Å². The lowest BCUT2D eigenvalue weighted by molar-refractivity contribution is -0.145. The summed E-state index contributed by atoms with van der Waals surface area (Å²) in [6, 6.07) is 2.04. The Morgan fingerprint density at radius 1 is 1.21 bits per heavy atom. The molecule has 0 spiro atoms. The number of hydrogen-bond acceptors (Lipinski definition) is 7. The molecule has 0 saturated heterocycles. The normalized spacial score (nSPS) is 11.6. The smallest absolute Gasteiger partial charge is 0.277 e. The Morgan fingerprint density at radius 2 is 1.96 bits per heavy atom. The van der Waals surface area contributed by atoms with Crippen molar-refractivity contribution in [2.24, 2.45) is 0 Å². The van der Waals surface area contributed by atoms with Crippen molar-refractivity contribution in [1.29, 1.82) is 0 Å². The fourth-order valence-electron chi connectivity index (χ4n) is 2.75. The molecule has 0 aliphatic heterocycles. The number of carbonyl (C=O) groups excluding carboxylic acids is 1. The molecule has 0 saturated carbocycles. The molecular formula is C18H25N7O3. The van der Waals surface area contributed by atoms with E-state index in [4.69, 9.17) is 9.47 Å². The number of amides is 1. The molecule has 3 rings (SSSR count). The maximum atomic E-state index is 12.5. The van der Waals surface area contributed by atoms with Gasteiger partial charge in [0.25, 0.3) is 5.91 Å².